The minimum Gasteiger partial charge on any atom is -0.480 e. The summed E-state index contributed by atoms with van der Waals surface area (Å²) in [4.78, 5) is 24.8. The van der Waals surface area contributed by atoms with Crippen LogP contribution in [0.1, 0.15) is 26.2 Å². The molecule has 0 radical (unpaired) electrons. The first-order valence-corrected chi connectivity index (χ1v) is 6.55. The molecule has 1 saturated heterocycles. The number of likely N-dealkylation sites (tertiary alicyclic amines) is 1. The van der Waals surface area contributed by atoms with E-state index < -0.39 is 18.0 Å². The first-order valence-electron chi connectivity index (χ1n) is 6.55. The quantitative estimate of drug-likeness (QED) is 0.546. The molecule has 1 fully saturated rings. The van der Waals surface area contributed by atoms with Crippen molar-refractivity contribution in [3.8, 4) is 0 Å². The van der Waals surface area contributed by atoms with Crippen LogP contribution in [0.5, 0.6) is 0 Å². The Morgan fingerprint density at radius 2 is 2.16 bits per heavy atom. The maximum Gasteiger partial charge on any atom is 0.326 e. The molecule has 2 amide bonds. The van der Waals surface area contributed by atoms with Gasteiger partial charge in [-0.05, 0) is 26.8 Å². The van der Waals surface area contributed by atoms with E-state index in [2.05, 4.69) is 22.5 Å². The molecule has 7 nitrogen and oxygen atoms in total. The molecule has 3 atom stereocenters. The van der Waals surface area contributed by atoms with Crippen molar-refractivity contribution in [3.05, 3.63) is 0 Å². The van der Waals surface area contributed by atoms with E-state index in [0.717, 1.165) is 19.4 Å². The number of hydrogen-bond acceptors (Lipinski definition) is 4. The van der Waals surface area contributed by atoms with E-state index in [1.54, 1.807) is 0 Å². The van der Waals surface area contributed by atoms with E-state index in [1.165, 1.54) is 0 Å². The van der Waals surface area contributed by atoms with Crippen LogP contribution in [0.25, 0.3) is 0 Å². The lowest BCUT2D eigenvalue weighted by Gasteiger charge is -2.35. The van der Waals surface area contributed by atoms with Crippen LogP contribution in [0.2, 0.25) is 0 Å². The van der Waals surface area contributed by atoms with Crippen LogP contribution in [0.15, 0.2) is 0 Å². The number of carbonyl (C=O) groups excluding carboxylic acids is 1. The van der Waals surface area contributed by atoms with Crippen LogP contribution in [-0.4, -0.2) is 65.4 Å². The van der Waals surface area contributed by atoms with Crippen LogP contribution in [-0.2, 0) is 4.79 Å². The van der Waals surface area contributed by atoms with Crippen LogP contribution in [0.4, 0.5) is 4.79 Å². The fourth-order valence-electron chi connectivity index (χ4n) is 2.19. The molecule has 110 valence electrons. The predicted octanol–water partition coefficient (Wildman–Crippen LogP) is -0.396. The number of rotatable bonds is 5. The van der Waals surface area contributed by atoms with Gasteiger partial charge in [0.15, 0.2) is 0 Å². The molecule has 19 heavy (non-hydrogen) atoms. The summed E-state index contributed by atoms with van der Waals surface area (Å²) in [7, 11) is 2.04. The van der Waals surface area contributed by atoms with Crippen molar-refractivity contribution in [2.24, 2.45) is 0 Å². The number of aliphatic carboxylic acids is 1. The van der Waals surface area contributed by atoms with Gasteiger partial charge in [0.25, 0.3) is 0 Å². The van der Waals surface area contributed by atoms with Crippen molar-refractivity contribution >= 4 is 12.0 Å². The highest BCUT2D eigenvalue weighted by atomic mass is 16.4. The summed E-state index contributed by atoms with van der Waals surface area (Å²) in [6.07, 6.45) is 1.71. The summed E-state index contributed by atoms with van der Waals surface area (Å²) in [6.45, 7) is 2.73. The van der Waals surface area contributed by atoms with Crippen LogP contribution in [0, 0.1) is 0 Å². The van der Waals surface area contributed by atoms with Gasteiger partial charge in [-0.15, -0.1) is 0 Å². The van der Waals surface area contributed by atoms with E-state index in [9.17, 15) is 9.59 Å². The van der Waals surface area contributed by atoms with Gasteiger partial charge in [0.1, 0.15) is 6.04 Å². The highest BCUT2D eigenvalue weighted by molar-refractivity contribution is 5.82. The zero-order chi connectivity index (χ0) is 14.4. The molecule has 1 aliphatic rings. The zero-order valence-electron chi connectivity index (χ0n) is 11.4. The summed E-state index contributed by atoms with van der Waals surface area (Å²) < 4.78 is 0. The standard InChI is InChI=1S/C12H23N3O4/c1-8-7-9(3-5-15(8)2)13-12(19)14-10(4-6-16)11(17)18/h8-10,16H,3-7H2,1-2H3,(H,17,18)(H2,13,14,19)/t8?,9?,10-/m0/s1. The highest BCUT2D eigenvalue weighted by Gasteiger charge is 2.25. The molecule has 4 N–H and O–H groups in total. The second kappa shape index (κ2) is 7.30. The van der Waals surface area contributed by atoms with Crippen molar-refractivity contribution in [2.45, 2.75) is 44.3 Å². The number of nitrogens with zero attached hydrogens (tertiary/aromatic N) is 1. The van der Waals surface area contributed by atoms with Gasteiger partial charge in [0.05, 0.1) is 0 Å². The Labute approximate surface area is 113 Å². The molecular formula is C12H23N3O4. The fraction of sp³-hybridized carbons (Fsp3) is 0.833. The second-order valence-electron chi connectivity index (χ2n) is 5.07. The number of hydrogen-bond donors (Lipinski definition) is 4. The van der Waals surface area contributed by atoms with Gasteiger partial charge in [-0.25, -0.2) is 9.59 Å². The number of carbonyl (C=O) groups is 2. The number of carboxylic acids is 1. The van der Waals surface area contributed by atoms with Crippen LogP contribution >= 0.6 is 0 Å². The van der Waals surface area contributed by atoms with Crippen molar-refractivity contribution in [2.75, 3.05) is 20.2 Å². The van der Waals surface area contributed by atoms with Gasteiger partial charge >= 0.3 is 12.0 Å². The summed E-state index contributed by atoms with van der Waals surface area (Å²) in [6, 6.07) is -1.07. The van der Waals surface area contributed by atoms with E-state index in [4.69, 9.17) is 10.2 Å². The van der Waals surface area contributed by atoms with E-state index in [1.807, 2.05) is 7.05 Å². The third-order valence-corrected chi connectivity index (χ3v) is 3.56. The van der Waals surface area contributed by atoms with Crippen molar-refractivity contribution in [3.63, 3.8) is 0 Å². The summed E-state index contributed by atoms with van der Waals surface area (Å²) in [5.41, 5.74) is 0. The van der Waals surface area contributed by atoms with Gasteiger partial charge in [-0.3, -0.25) is 0 Å². The average molecular weight is 273 g/mol. The molecule has 1 rings (SSSR count). The Morgan fingerprint density at radius 3 is 2.68 bits per heavy atom. The SMILES string of the molecule is CC1CC(NC(=O)N[C@@H](CCO)C(=O)O)CCN1C. The molecule has 0 saturated carbocycles. The number of carboxylic acid groups (broad SMARTS) is 1. The Bertz CT molecular complexity index is 324. The van der Waals surface area contributed by atoms with Gasteiger partial charge in [-0.1, -0.05) is 0 Å². The number of piperidine rings is 1. The van der Waals surface area contributed by atoms with Gasteiger partial charge in [0, 0.05) is 31.7 Å². The maximum atomic E-state index is 11.7. The third kappa shape index (κ3) is 5.04. The largest absolute Gasteiger partial charge is 0.480 e. The second-order valence-corrected chi connectivity index (χ2v) is 5.07. The summed E-state index contributed by atoms with van der Waals surface area (Å²) >= 11 is 0. The Hall–Kier alpha value is -1.34. The minimum atomic E-state index is -1.14. The van der Waals surface area contributed by atoms with Gasteiger partial charge in [0.2, 0.25) is 0 Å². The monoisotopic (exact) mass is 273 g/mol. The molecule has 0 bridgehead atoms. The summed E-state index contributed by atoms with van der Waals surface area (Å²) in [5, 5.41) is 22.8. The lowest BCUT2D eigenvalue weighted by Crippen LogP contribution is -2.53. The molecule has 1 heterocycles. The fourth-order valence-corrected chi connectivity index (χ4v) is 2.19. The topological polar surface area (TPSA) is 102 Å². The average Bonchev–Trinajstić information content (AvgIpc) is 2.33. The summed E-state index contributed by atoms with van der Waals surface area (Å²) in [5.74, 6) is -1.14. The lowest BCUT2D eigenvalue weighted by atomic mass is 9.99. The number of amides is 2. The molecule has 0 aromatic rings. The van der Waals surface area contributed by atoms with Crippen molar-refractivity contribution < 1.29 is 19.8 Å². The number of aliphatic hydroxyl groups is 1. The molecule has 0 aromatic carbocycles. The molecule has 7 heteroatoms. The molecule has 0 spiro atoms. The highest BCUT2D eigenvalue weighted by Crippen LogP contribution is 2.15. The minimum absolute atomic E-state index is 0.00651. The molecule has 1 aliphatic heterocycles. The Morgan fingerprint density at radius 1 is 1.47 bits per heavy atom. The molecule has 0 aliphatic carbocycles. The molecule has 2 unspecified atom stereocenters. The van der Waals surface area contributed by atoms with Crippen molar-refractivity contribution in [1.82, 2.24) is 15.5 Å². The van der Waals surface area contributed by atoms with Gasteiger partial charge < -0.3 is 25.7 Å². The van der Waals surface area contributed by atoms with Crippen LogP contribution < -0.4 is 10.6 Å². The number of aliphatic hydroxyl groups excluding tert-OH is 1. The van der Waals surface area contributed by atoms with E-state index >= 15 is 0 Å². The zero-order valence-corrected chi connectivity index (χ0v) is 11.4. The molecular weight excluding hydrogens is 250 g/mol. The first-order chi connectivity index (χ1) is 8.93. The maximum absolute atomic E-state index is 11.7. The first kappa shape index (κ1) is 15.7. The van der Waals surface area contributed by atoms with Crippen molar-refractivity contribution in [1.29, 1.82) is 0 Å². The third-order valence-electron chi connectivity index (χ3n) is 3.56. The molecule has 0 aromatic heterocycles. The van der Waals surface area contributed by atoms with Crippen LogP contribution in [0.3, 0.4) is 0 Å². The van der Waals surface area contributed by atoms with E-state index in [-0.39, 0.29) is 19.1 Å². The smallest absolute Gasteiger partial charge is 0.326 e. The Balaban J connectivity index is 2.40. The lowest BCUT2D eigenvalue weighted by molar-refractivity contribution is -0.139. The number of urea groups is 1. The Kier molecular flexibility index (Phi) is 6.04. The predicted molar refractivity (Wildman–Crippen MR) is 69.9 cm³/mol. The normalized spacial score (nSPS) is 25.6. The van der Waals surface area contributed by atoms with E-state index in [0.29, 0.717) is 6.04 Å². The number of nitrogens with one attached hydrogen (secondary N) is 2. The van der Waals surface area contributed by atoms with Gasteiger partial charge in [-0.2, -0.15) is 0 Å².